The molecule has 0 radical (unpaired) electrons. The van der Waals surface area contributed by atoms with Gasteiger partial charge >= 0.3 is 0 Å². The van der Waals surface area contributed by atoms with Crippen LogP contribution in [0.4, 0.5) is 10.1 Å². The maximum Gasteiger partial charge on any atom is 0.123 e. The van der Waals surface area contributed by atoms with E-state index >= 15 is 0 Å². The maximum absolute atomic E-state index is 13.6. The van der Waals surface area contributed by atoms with Gasteiger partial charge in [-0.05, 0) is 84.3 Å². The smallest absolute Gasteiger partial charge is 0.123 e. The van der Waals surface area contributed by atoms with Crippen molar-refractivity contribution in [3.8, 4) is 17.0 Å². The highest BCUT2D eigenvalue weighted by molar-refractivity contribution is 5.84. The molecule has 0 bridgehead atoms. The summed E-state index contributed by atoms with van der Waals surface area (Å²) in [6, 6.07) is 32.2. The summed E-state index contributed by atoms with van der Waals surface area (Å²) < 4.78 is 13.6. The van der Waals surface area contributed by atoms with E-state index in [1.165, 1.54) is 12.1 Å². The van der Waals surface area contributed by atoms with Crippen LogP contribution in [0.1, 0.15) is 16.7 Å². The number of aryl methyl sites for hydroxylation is 1. The zero-order valence-corrected chi connectivity index (χ0v) is 19.4. The Bertz CT molecular complexity index is 1490. The van der Waals surface area contributed by atoms with Crippen LogP contribution in [0.5, 0.6) is 5.75 Å². The highest BCUT2D eigenvalue weighted by atomic mass is 19.1. The molecule has 0 aliphatic heterocycles. The molecule has 0 saturated carbocycles. The topological polar surface area (TPSA) is 36.4 Å². The van der Waals surface area contributed by atoms with E-state index < -0.39 is 0 Å². The molecule has 5 aromatic rings. The molecule has 1 N–H and O–H groups in total. The van der Waals surface area contributed by atoms with Gasteiger partial charge in [0.15, 0.2) is 0 Å². The van der Waals surface area contributed by atoms with Crippen molar-refractivity contribution in [1.82, 2.24) is 4.98 Å². The summed E-state index contributed by atoms with van der Waals surface area (Å²) in [5, 5.41) is 10.5. The Morgan fingerprint density at radius 3 is 2.31 bits per heavy atom. The molecule has 4 aromatic carbocycles. The average molecular weight is 461 g/mol. The number of rotatable bonds is 6. The lowest BCUT2D eigenvalue weighted by Crippen LogP contribution is -2.20. The number of halogens is 1. The molecule has 172 valence electrons. The molecule has 0 aliphatic rings. The van der Waals surface area contributed by atoms with Crippen LogP contribution in [0.25, 0.3) is 27.9 Å². The van der Waals surface area contributed by atoms with Crippen LogP contribution in [0.15, 0.2) is 110 Å². The first-order valence-electron chi connectivity index (χ1n) is 11.4. The molecule has 3 nitrogen and oxygen atoms in total. The molecule has 0 fully saturated rings. The van der Waals surface area contributed by atoms with Crippen molar-refractivity contribution in [3.63, 3.8) is 0 Å². The van der Waals surface area contributed by atoms with Crippen LogP contribution in [0.3, 0.4) is 0 Å². The first-order valence-corrected chi connectivity index (χ1v) is 11.4. The lowest BCUT2D eigenvalue weighted by atomic mass is 10.0. The Morgan fingerprint density at radius 2 is 1.60 bits per heavy atom. The predicted octanol–water partition coefficient (Wildman–Crippen LogP) is 7.73. The van der Waals surface area contributed by atoms with E-state index in [0.717, 1.165) is 50.2 Å². The van der Waals surface area contributed by atoms with Gasteiger partial charge in [-0.1, -0.05) is 49.0 Å². The summed E-state index contributed by atoms with van der Waals surface area (Å²) in [4.78, 5) is 6.96. The maximum atomic E-state index is 13.6. The van der Waals surface area contributed by atoms with Gasteiger partial charge in [0.1, 0.15) is 11.6 Å². The van der Waals surface area contributed by atoms with Gasteiger partial charge in [0, 0.05) is 28.9 Å². The average Bonchev–Trinajstić information content (AvgIpc) is 2.88. The first-order chi connectivity index (χ1) is 17.0. The fourth-order valence-corrected chi connectivity index (χ4v) is 4.26. The molecule has 0 unspecified atom stereocenters. The van der Waals surface area contributed by atoms with Crippen molar-refractivity contribution in [2.45, 2.75) is 13.5 Å². The van der Waals surface area contributed by atoms with Gasteiger partial charge in [-0.15, -0.1) is 0 Å². The van der Waals surface area contributed by atoms with E-state index in [9.17, 15) is 9.50 Å². The quantitative estimate of drug-likeness (QED) is 0.282. The van der Waals surface area contributed by atoms with Crippen molar-refractivity contribution in [3.05, 3.63) is 132 Å². The molecular formula is C31H25FN2O. The molecule has 1 heterocycles. The summed E-state index contributed by atoms with van der Waals surface area (Å²) >= 11 is 0. The Hall–Kier alpha value is -4.44. The molecule has 35 heavy (non-hydrogen) atoms. The number of hydrogen-bond acceptors (Lipinski definition) is 3. The summed E-state index contributed by atoms with van der Waals surface area (Å²) in [7, 11) is 0. The normalized spacial score (nSPS) is 10.9. The van der Waals surface area contributed by atoms with Gasteiger partial charge in [0.05, 0.1) is 11.2 Å². The molecule has 4 heteroatoms. The Balaban J connectivity index is 1.51. The van der Waals surface area contributed by atoms with Crippen molar-refractivity contribution >= 4 is 22.3 Å². The van der Waals surface area contributed by atoms with Gasteiger partial charge in [0.25, 0.3) is 0 Å². The van der Waals surface area contributed by atoms with Gasteiger partial charge < -0.3 is 10.0 Å². The van der Waals surface area contributed by atoms with Crippen LogP contribution in [-0.4, -0.2) is 10.1 Å². The molecule has 0 saturated heterocycles. The largest absolute Gasteiger partial charge is 0.508 e. The van der Waals surface area contributed by atoms with Crippen LogP contribution in [0, 0.1) is 12.7 Å². The zero-order chi connectivity index (χ0) is 24.4. The molecule has 0 atom stereocenters. The van der Waals surface area contributed by atoms with E-state index in [4.69, 9.17) is 4.98 Å². The third kappa shape index (κ3) is 4.78. The van der Waals surface area contributed by atoms with E-state index in [1.54, 1.807) is 18.2 Å². The minimum atomic E-state index is -0.261. The summed E-state index contributed by atoms with van der Waals surface area (Å²) in [6.07, 6.45) is 0. The first kappa shape index (κ1) is 22.4. The molecule has 5 rings (SSSR count). The van der Waals surface area contributed by atoms with Crippen LogP contribution in [0.2, 0.25) is 0 Å². The van der Waals surface area contributed by atoms with Crippen molar-refractivity contribution in [2.75, 3.05) is 4.90 Å². The van der Waals surface area contributed by atoms with Crippen LogP contribution in [-0.2, 0) is 6.54 Å². The molecule has 0 aliphatic carbocycles. The molecule has 1 aromatic heterocycles. The predicted molar refractivity (Wildman–Crippen MR) is 142 cm³/mol. The minimum Gasteiger partial charge on any atom is -0.508 e. The number of aromatic nitrogens is 1. The molecule has 0 spiro atoms. The van der Waals surface area contributed by atoms with Crippen molar-refractivity contribution < 1.29 is 9.50 Å². The van der Waals surface area contributed by atoms with Crippen LogP contribution < -0.4 is 4.90 Å². The lowest BCUT2D eigenvalue weighted by Gasteiger charge is -2.28. The van der Waals surface area contributed by atoms with Gasteiger partial charge in [-0.3, -0.25) is 0 Å². The standard InChI is InChI=1S/C31H25FN2O/c1-21-18-26-19-27(32)12-17-30(26)33-31(21)25-8-13-28(14-9-25)34(20-23-6-4-3-5-7-23)22(2)24-10-15-29(35)16-11-24/h3-19,35H,2,20H2,1H3. The van der Waals surface area contributed by atoms with E-state index in [2.05, 4.69) is 47.9 Å². The van der Waals surface area contributed by atoms with Crippen molar-refractivity contribution in [2.24, 2.45) is 0 Å². The second kappa shape index (κ2) is 9.43. The number of nitrogens with zero attached hydrogens (tertiary/aromatic N) is 2. The highest BCUT2D eigenvalue weighted by Gasteiger charge is 2.15. The molecule has 0 amide bonds. The third-order valence-electron chi connectivity index (χ3n) is 6.13. The summed E-state index contributed by atoms with van der Waals surface area (Å²) in [5.74, 6) is -0.0373. The van der Waals surface area contributed by atoms with Gasteiger partial charge in [0.2, 0.25) is 0 Å². The van der Waals surface area contributed by atoms with Gasteiger partial charge in [-0.25, -0.2) is 9.37 Å². The Kier molecular flexibility index (Phi) is 6.02. The Morgan fingerprint density at radius 1 is 0.886 bits per heavy atom. The minimum absolute atomic E-state index is 0.224. The lowest BCUT2D eigenvalue weighted by molar-refractivity contribution is 0.475. The summed E-state index contributed by atoms with van der Waals surface area (Å²) in [6.45, 7) is 7.01. The van der Waals surface area contributed by atoms with E-state index in [-0.39, 0.29) is 11.6 Å². The number of phenols is 1. The fourth-order valence-electron chi connectivity index (χ4n) is 4.26. The van der Waals surface area contributed by atoms with Gasteiger partial charge in [-0.2, -0.15) is 0 Å². The zero-order valence-electron chi connectivity index (χ0n) is 19.4. The monoisotopic (exact) mass is 460 g/mol. The number of anilines is 1. The van der Waals surface area contributed by atoms with E-state index in [1.807, 2.05) is 43.3 Å². The fraction of sp³-hybridized carbons (Fsp3) is 0.0645. The number of phenolic OH excluding ortho intramolecular Hbond substituents is 1. The number of benzene rings is 4. The highest BCUT2D eigenvalue weighted by Crippen LogP contribution is 2.31. The van der Waals surface area contributed by atoms with Crippen molar-refractivity contribution in [1.29, 1.82) is 0 Å². The number of hydrogen-bond donors (Lipinski definition) is 1. The van der Waals surface area contributed by atoms with E-state index in [0.29, 0.717) is 6.54 Å². The molecular weight excluding hydrogens is 435 g/mol. The second-order valence-electron chi connectivity index (χ2n) is 8.60. The third-order valence-corrected chi connectivity index (χ3v) is 6.13. The Labute approximate surface area is 204 Å². The number of aromatic hydroxyl groups is 1. The number of fused-ring (bicyclic) bond motifs is 1. The number of pyridine rings is 1. The van der Waals surface area contributed by atoms with Crippen LogP contribution >= 0.6 is 0 Å². The second-order valence-corrected chi connectivity index (χ2v) is 8.60. The SMILES string of the molecule is C=C(c1ccc(O)cc1)N(Cc1ccccc1)c1ccc(-c2nc3ccc(F)cc3cc2C)cc1. The summed E-state index contributed by atoms with van der Waals surface area (Å²) in [5.41, 5.74) is 7.56.